The summed E-state index contributed by atoms with van der Waals surface area (Å²) in [4.78, 5) is 14.3. The van der Waals surface area contributed by atoms with Gasteiger partial charge in [-0.1, -0.05) is 51.1 Å². The summed E-state index contributed by atoms with van der Waals surface area (Å²) in [6, 6.07) is 17.1. The molecule has 1 amide bonds. The molecule has 0 aromatic heterocycles. The number of carbonyl (C=O) groups excluding carboxylic acids is 1. The summed E-state index contributed by atoms with van der Waals surface area (Å²) in [5.41, 5.74) is 2.68. The van der Waals surface area contributed by atoms with Gasteiger partial charge < -0.3 is 10.0 Å². The average Bonchev–Trinajstić information content (AvgIpc) is 2.52. The molecule has 0 fully saturated rings. The monoisotopic (exact) mass is 297 g/mol. The lowest BCUT2D eigenvalue weighted by atomic mass is 9.86. The zero-order valence-corrected chi connectivity index (χ0v) is 13.4. The Morgan fingerprint density at radius 1 is 1.00 bits per heavy atom. The molecule has 0 saturated carbocycles. The van der Waals surface area contributed by atoms with Crippen molar-refractivity contribution in [1.82, 2.24) is 0 Å². The van der Waals surface area contributed by atoms with E-state index in [1.165, 1.54) is 5.56 Å². The molecular formula is C19H23NO2. The quantitative estimate of drug-likeness (QED) is 0.936. The van der Waals surface area contributed by atoms with Gasteiger partial charge in [-0.2, -0.15) is 0 Å². The molecule has 22 heavy (non-hydrogen) atoms. The van der Waals surface area contributed by atoms with E-state index in [0.29, 0.717) is 5.56 Å². The minimum Gasteiger partial charge on any atom is -0.395 e. The molecule has 0 spiro atoms. The lowest BCUT2D eigenvalue weighted by molar-refractivity contribution is 0.0981. The van der Waals surface area contributed by atoms with Crippen LogP contribution in [0.2, 0.25) is 0 Å². The normalized spacial score (nSPS) is 11.3. The Labute approximate surface area is 132 Å². The van der Waals surface area contributed by atoms with Crippen molar-refractivity contribution in [2.45, 2.75) is 26.2 Å². The van der Waals surface area contributed by atoms with E-state index < -0.39 is 0 Å². The van der Waals surface area contributed by atoms with Crippen molar-refractivity contribution < 1.29 is 9.90 Å². The summed E-state index contributed by atoms with van der Waals surface area (Å²) in [7, 11) is 0. The maximum atomic E-state index is 12.7. The zero-order chi connectivity index (χ0) is 16.2. The molecule has 0 saturated heterocycles. The number of rotatable bonds is 4. The van der Waals surface area contributed by atoms with E-state index in [4.69, 9.17) is 0 Å². The van der Waals surface area contributed by atoms with Crippen molar-refractivity contribution in [3.8, 4) is 0 Å². The van der Waals surface area contributed by atoms with Crippen LogP contribution in [-0.4, -0.2) is 24.2 Å². The highest BCUT2D eigenvalue weighted by atomic mass is 16.3. The largest absolute Gasteiger partial charge is 0.395 e. The molecule has 0 radical (unpaired) electrons. The Balaban J connectivity index is 2.28. The van der Waals surface area contributed by atoms with Gasteiger partial charge in [0.25, 0.3) is 5.91 Å². The number of hydrogen-bond acceptors (Lipinski definition) is 2. The molecule has 2 rings (SSSR count). The van der Waals surface area contributed by atoms with Crippen molar-refractivity contribution in [2.24, 2.45) is 0 Å². The van der Waals surface area contributed by atoms with E-state index in [1.54, 1.807) is 4.90 Å². The fourth-order valence-corrected chi connectivity index (χ4v) is 2.32. The molecule has 2 aromatic carbocycles. The third-order valence-corrected chi connectivity index (χ3v) is 3.63. The minimum atomic E-state index is -0.0966. The standard InChI is InChI=1S/C19H23NO2/c1-19(2,3)16-11-9-15(10-12-16)18(22)20(13-14-21)17-7-5-4-6-8-17/h4-12,21H,13-14H2,1-3H3. The number of amides is 1. The Hall–Kier alpha value is -2.13. The van der Waals surface area contributed by atoms with Crippen LogP contribution in [0.15, 0.2) is 54.6 Å². The molecule has 3 heteroatoms. The van der Waals surface area contributed by atoms with Gasteiger partial charge in [0.2, 0.25) is 0 Å². The molecule has 0 atom stereocenters. The van der Waals surface area contributed by atoms with Crippen LogP contribution >= 0.6 is 0 Å². The van der Waals surface area contributed by atoms with E-state index >= 15 is 0 Å². The van der Waals surface area contributed by atoms with Gasteiger partial charge in [-0.15, -0.1) is 0 Å². The van der Waals surface area contributed by atoms with Crippen LogP contribution in [-0.2, 0) is 5.41 Å². The SMILES string of the molecule is CC(C)(C)c1ccc(C(=O)N(CCO)c2ccccc2)cc1. The van der Waals surface area contributed by atoms with Crippen LogP contribution in [0.25, 0.3) is 0 Å². The van der Waals surface area contributed by atoms with E-state index in [2.05, 4.69) is 20.8 Å². The number of aliphatic hydroxyl groups excluding tert-OH is 1. The number of aliphatic hydroxyl groups is 1. The maximum absolute atomic E-state index is 12.7. The first-order valence-corrected chi connectivity index (χ1v) is 7.52. The first-order valence-electron chi connectivity index (χ1n) is 7.52. The maximum Gasteiger partial charge on any atom is 0.258 e. The summed E-state index contributed by atoms with van der Waals surface area (Å²) >= 11 is 0. The molecule has 3 nitrogen and oxygen atoms in total. The molecular weight excluding hydrogens is 274 g/mol. The third-order valence-electron chi connectivity index (χ3n) is 3.63. The number of para-hydroxylation sites is 1. The van der Waals surface area contributed by atoms with Crippen LogP contribution in [0.1, 0.15) is 36.7 Å². The summed E-state index contributed by atoms with van der Waals surface area (Å²) in [5, 5.41) is 9.25. The van der Waals surface area contributed by atoms with Crippen LogP contribution < -0.4 is 4.90 Å². The average molecular weight is 297 g/mol. The lowest BCUT2D eigenvalue weighted by Crippen LogP contribution is -2.33. The fourth-order valence-electron chi connectivity index (χ4n) is 2.32. The van der Waals surface area contributed by atoms with Crippen LogP contribution in [0, 0.1) is 0 Å². The number of nitrogens with zero attached hydrogens (tertiary/aromatic N) is 1. The zero-order valence-electron chi connectivity index (χ0n) is 13.4. The van der Waals surface area contributed by atoms with Gasteiger partial charge >= 0.3 is 0 Å². The number of carbonyl (C=O) groups is 1. The second-order valence-electron chi connectivity index (χ2n) is 6.34. The van der Waals surface area contributed by atoms with Gasteiger partial charge in [0.15, 0.2) is 0 Å². The molecule has 0 unspecified atom stereocenters. The molecule has 116 valence electrons. The molecule has 0 aliphatic heterocycles. The van der Waals surface area contributed by atoms with Gasteiger partial charge in [-0.05, 0) is 35.2 Å². The highest BCUT2D eigenvalue weighted by molar-refractivity contribution is 6.06. The van der Waals surface area contributed by atoms with Crippen molar-refractivity contribution in [3.63, 3.8) is 0 Å². The number of anilines is 1. The van der Waals surface area contributed by atoms with Gasteiger partial charge in [0.1, 0.15) is 0 Å². The second-order valence-corrected chi connectivity index (χ2v) is 6.34. The van der Waals surface area contributed by atoms with E-state index in [0.717, 1.165) is 5.69 Å². The summed E-state index contributed by atoms with van der Waals surface area (Å²) in [6.07, 6.45) is 0. The minimum absolute atomic E-state index is 0.0613. The molecule has 1 N–H and O–H groups in total. The van der Waals surface area contributed by atoms with Crippen LogP contribution in [0.5, 0.6) is 0 Å². The topological polar surface area (TPSA) is 40.5 Å². The summed E-state index contributed by atoms with van der Waals surface area (Å²) in [5.74, 6) is -0.0966. The predicted molar refractivity (Wildman–Crippen MR) is 90.3 cm³/mol. The molecule has 0 aliphatic carbocycles. The van der Waals surface area contributed by atoms with Crippen LogP contribution in [0.3, 0.4) is 0 Å². The van der Waals surface area contributed by atoms with Gasteiger partial charge in [0, 0.05) is 17.8 Å². The van der Waals surface area contributed by atoms with E-state index in [1.807, 2.05) is 54.6 Å². The Morgan fingerprint density at radius 3 is 2.09 bits per heavy atom. The smallest absolute Gasteiger partial charge is 0.258 e. The fraction of sp³-hybridized carbons (Fsp3) is 0.316. The van der Waals surface area contributed by atoms with Crippen molar-refractivity contribution in [3.05, 3.63) is 65.7 Å². The lowest BCUT2D eigenvalue weighted by Gasteiger charge is -2.23. The Bertz CT molecular complexity index is 612. The van der Waals surface area contributed by atoms with Crippen LogP contribution in [0.4, 0.5) is 5.69 Å². The predicted octanol–water partition coefficient (Wildman–Crippen LogP) is 3.62. The number of benzene rings is 2. The first kappa shape index (κ1) is 16.2. The van der Waals surface area contributed by atoms with Gasteiger partial charge in [-0.3, -0.25) is 4.79 Å². The second kappa shape index (κ2) is 6.75. The highest BCUT2D eigenvalue weighted by Gasteiger charge is 2.18. The molecule has 2 aromatic rings. The molecule has 0 aliphatic rings. The van der Waals surface area contributed by atoms with E-state index in [-0.39, 0.29) is 24.5 Å². The summed E-state index contributed by atoms with van der Waals surface area (Å²) < 4.78 is 0. The van der Waals surface area contributed by atoms with Gasteiger partial charge in [0.05, 0.1) is 6.61 Å². The van der Waals surface area contributed by atoms with Gasteiger partial charge in [-0.25, -0.2) is 0 Å². The Kier molecular flexibility index (Phi) is 4.99. The van der Waals surface area contributed by atoms with Crippen molar-refractivity contribution in [1.29, 1.82) is 0 Å². The number of hydrogen-bond donors (Lipinski definition) is 1. The molecule has 0 bridgehead atoms. The van der Waals surface area contributed by atoms with E-state index in [9.17, 15) is 9.90 Å². The Morgan fingerprint density at radius 2 is 1.59 bits per heavy atom. The summed E-state index contributed by atoms with van der Waals surface area (Å²) in [6.45, 7) is 6.65. The molecule has 0 heterocycles. The van der Waals surface area contributed by atoms with Crippen molar-refractivity contribution >= 4 is 11.6 Å². The third kappa shape index (κ3) is 3.74. The highest BCUT2D eigenvalue weighted by Crippen LogP contribution is 2.23. The first-order chi connectivity index (χ1) is 10.4. The van der Waals surface area contributed by atoms with Crippen molar-refractivity contribution in [2.75, 3.05) is 18.1 Å².